The maximum Gasteiger partial charge on any atom is 0.407 e. The molecule has 0 aliphatic heterocycles. The Morgan fingerprint density at radius 2 is 1.71 bits per heavy atom. The van der Waals surface area contributed by atoms with Crippen molar-refractivity contribution in [1.29, 1.82) is 0 Å². The summed E-state index contributed by atoms with van der Waals surface area (Å²) in [6, 6.07) is 0.317. The maximum absolute atomic E-state index is 11.5. The van der Waals surface area contributed by atoms with E-state index in [-0.39, 0.29) is 6.09 Å². The van der Waals surface area contributed by atoms with E-state index < -0.39 is 5.60 Å². The summed E-state index contributed by atoms with van der Waals surface area (Å²) in [6.07, 6.45) is 3.14. The van der Waals surface area contributed by atoms with Gasteiger partial charge in [0.2, 0.25) is 0 Å². The normalized spacial score (nSPS) is 25.1. The van der Waals surface area contributed by atoms with Crippen LogP contribution in [0.3, 0.4) is 0 Å². The summed E-state index contributed by atoms with van der Waals surface area (Å²) in [5.41, 5.74) is -0.0137. The van der Waals surface area contributed by atoms with Crippen LogP contribution in [0.2, 0.25) is 0 Å². The lowest BCUT2D eigenvalue weighted by atomic mass is 9.72. The van der Waals surface area contributed by atoms with Crippen molar-refractivity contribution in [3.63, 3.8) is 0 Å². The van der Waals surface area contributed by atoms with Crippen LogP contribution in [0.1, 0.15) is 60.8 Å². The number of ether oxygens (including phenoxy) is 1. The van der Waals surface area contributed by atoms with Crippen molar-refractivity contribution in [2.75, 3.05) is 0 Å². The van der Waals surface area contributed by atoms with E-state index in [9.17, 15) is 4.79 Å². The van der Waals surface area contributed by atoms with Gasteiger partial charge in [0.05, 0.1) is 0 Å². The average Bonchev–Trinajstić information content (AvgIpc) is 1.93. The van der Waals surface area contributed by atoms with Gasteiger partial charge >= 0.3 is 6.09 Å². The second-order valence-corrected chi connectivity index (χ2v) is 7.45. The lowest BCUT2D eigenvalue weighted by Gasteiger charge is -2.39. The monoisotopic (exact) mass is 241 g/mol. The van der Waals surface area contributed by atoms with Crippen LogP contribution in [0, 0.1) is 11.3 Å². The zero-order valence-corrected chi connectivity index (χ0v) is 12.1. The Balaban J connectivity index is 2.19. The third kappa shape index (κ3) is 5.94. The number of amides is 1. The standard InChI is InChI=1S/C14H27NO2/c1-13(2,3)9-10-7-11(8-10)15-12(16)17-14(4,5)6/h10-11H,7-9H2,1-6H3,(H,15,16)/t10-,11-. The van der Waals surface area contributed by atoms with Crippen molar-refractivity contribution >= 4 is 6.09 Å². The van der Waals surface area contributed by atoms with E-state index >= 15 is 0 Å². The maximum atomic E-state index is 11.5. The Labute approximate surface area is 105 Å². The number of carbonyl (C=O) groups is 1. The summed E-state index contributed by atoms with van der Waals surface area (Å²) in [5.74, 6) is 0.759. The highest BCUT2D eigenvalue weighted by Gasteiger charge is 2.33. The molecule has 0 unspecified atom stereocenters. The Bertz CT molecular complexity index is 267. The number of carbonyl (C=O) groups excluding carboxylic acids is 1. The first-order chi connectivity index (χ1) is 7.55. The third-order valence-corrected chi connectivity index (χ3v) is 2.86. The lowest BCUT2D eigenvalue weighted by Crippen LogP contribution is -2.46. The van der Waals surface area contributed by atoms with E-state index in [0.717, 1.165) is 18.8 Å². The van der Waals surface area contributed by atoms with Gasteiger partial charge < -0.3 is 10.1 Å². The lowest BCUT2D eigenvalue weighted by molar-refractivity contribution is 0.0436. The number of rotatable bonds is 2. The SMILES string of the molecule is CC(C)(C)C[C@H]1C[C@H](NC(=O)OC(C)(C)C)C1. The highest BCUT2D eigenvalue weighted by molar-refractivity contribution is 5.68. The first kappa shape index (κ1) is 14.3. The molecule has 0 heterocycles. The fraction of sp³-hybridized carbons (Fsp3) is 0.929. The van der Waals surface area contributed by atoms with Gasteiger partial charge in [-0.15, -0.1) is 0 Å². The minimum absolute atomic E-state index is 0.281. The van der Waals surface area contributed by atoms with Gasteiger partial charge in [-0.25, -0.2) is 4.79 Å². The van der Waals surface area contributed by atoms with Crippen LogP contribution in [-0.4, -0.2) is 17.7 Å². The van der Waals surface area contributed by atoms with Crippen LogP contribution in [0.5, 0.6) is 0 Å². The Morgan fingerprint density at radius 1 is 1.18 bits per heavy atom. The summed E-state index contributed by atoms with van der Waals surface area (Å²) in [5, 5.41) is 2.93. The van der Waals surface area contributed by atoms with E-state index in [1.54, 1.807) is 0 Å². The number of hydrogen-bond acceptors (Lipinski definition) is 2. The fourth-order valence-corrected chi connectivity index (χ4v) is 2.36. The van der Waals surface area contributed by atoms with Gasteiger partial charge in [0.25, 0.3) is 0 Å². The minimum Gasteiger partial charge on any atom is -0.444 e. The molecule has 0 spiro atoms. The van der Waals surface area contributed by atoms with Gasteiger partial charge in [-0.2, -0.15) is 0 Å². The summed E-state index contributed by atoms with van der Waals surface area (Å²) in [6.45, 7) is 12.5. The van der Waals surface area contributed by atoms with Crippen molar-refractivity contribution < 1.29 is 9.53 Å². The molecule has 1 rings (SSSR count). The zero-order chi connectivity index (χ0) is 13.3. The summed E-state index contributed by atoms with van der Waals surface area (Å²) >= 11 is 0. The van der Waals surface area contributed by atoms with Crippen molar-refractivity contribution in [2.24, 2.45) is 11.3 Å². The molecule has 3 nitrogen and oxygen atoms in total. The van der Waals surface area contributed by atoms with Crippen LogP contribution < -0.4 is 5.32 Å². The molecule has 0 atom stereocenters. The van der Waals surface area contributed by atoms with E-state index in [0.29, 0.717) is 11.5 Å². The van der Waals surface area contributed by atoms with Gasteiger partial charge in [0.15, 0.2) is 0 Å². The highest BCUT2D eigenvalue weighted by Crippen LogP contribution is 2.37. The molecule has 0 aromatic carbocycles. The van der Waals surface area contributed by atoms with Crippen molar-refractivity contribution in [3.8, 4) is 0 Å². The quantitative estimate of drug-likeness (QED) is 0.800. The number of hydrogen-bond donors (Lipinski definition) is 1. The smallest absolute Gasteiger partial charge is 0.407 e. The van der Waals surface area contributed by atoms with Gasteiger partial charge in [-0.05, 0) is 51.4 Å². The van der Waals surface area contributed by atoms with Crippen LogP contribution >= 0.6 is 0 Å². The third-order valence-electron chi connectivity index (χ3n) is 2.86. The molecule has 0 bridgehead atoms. The number of nitrogens with one attached hydrogen (secondary N) is 1. The molecule has 1 aliphatic rings. The van der Waals surface area contributed by atoms with E-state index in [1.807, 2.05) is 20.8 Å². The molecule has 0 aromatic rings. The molecule has 100 valence electrons. The first-order valence-corrected chi connectivity index (χ1v) is 6.55. The topological polar surface area (TPSA) is 38.3 Å². The zero-order valence-electron chi connectivity index (χ0n) is 12.1. The molecule has 1 aliphatic carbocycles. The average molecular weight is 241 g/mol. The second kappa shape index (κ2) is 4.87. The Hall–Kier alpha value is -0.730. The molecule has 0 saturated heterocycles. The molecular weight excluding hydrogens is 214 g/mol. The minimum atomic E-state index is -0.404. The summed E-state index contributed by atoms with van der Waals surface area (Å²) in [4.78, 5) is 11.5. The predicted octanol–water partition coefficient (Wildman–Crippen LogP) is 3.73. The summed E-state index contributed by atoms with van der Waals surface area (Å²) in [7, 11) is 0. The van der Waals surface area contributed by atoms with Crippen molar-refractivity contribution in [1.82, 2.24) is 5.32 Å². The van der Waals surface area contributed by atoms with E-state index in [1.165, 1.54) is 6.42 Å². The highest BCUT2D eigenvalue weighted by atomic mass is 16.6. The second-order valence-electron chi connectivity index (χ2n) is 7.45. The van der Waals surface area contributed by atoms with Gasteiger partial charge in [0.1, 0.15) is 5.60 Å². The Morgan fingerprint density at radius 3 is 2.12 bits per heavy atom. The molecule has 1 saturated carbocycles. The van der Waals surface area contributed by atoms with Gasteiger partial charge in [-0.1, -0.05) is 20.8 Å². The molecular formula is C14H27NO2. The predicted molar refractivity (Wildman–Crippen MR) is 70.0 cm³/mol. The van der Waals surface area contributed by atoms with Crippen LogP contribution in [0.25, 0.3) is 0 Å². The number of alkyl carbamates (subject to hydrolysis) is 1. The van der Waals surface area contributed by atoms with E-state index in [4.69, 9.17) is 4.74 Å². The van der Waals surface area contributed by atoms with Gasteiger partial charge in [-0.3, -0.25) is 0 Å². The van der Waals surface area contributed by atoms with E-state index in [2.05, 4.69) is 26.1 Å². The first-order valence-electron chi connectivity index (χ1n) is 6.55. The van der Waals surface area contributed by atoms with Gasteiger partial charge in [0, 0.05) is 6.04 Å². The molecule has 0 aromatic heterocycles. The summed E-state index contributed by atoms with van der Waals surface area (Å²) < 4.78 is 5.23. The van der Waals surface area contributed by atoms with Crippen LogP contribution in [-0.2, 0) is 4.74 Å². The Kier molecular flexibility index (Phi) is 4.11. The van der Waals surface area contributed by atoms with Crippen molar-refractivity contribution in [2.45, 2.75) is 72.4 Å². The molecule has 1 N–H and O–H groups in total. The molecule has 17 heavy (non-hydrogen) atoms. The van der Waals surface area contributed by atoms with Crippen LogP contribution in [0.15, 0.2) is 0 Å². The van der Waals surface area contributed by atoms with Crippen LogP contribution in [0.4, 0.5) is 4.79 Å². The largest absolute Gasteiger partial charge is 0.444 e. The van der Waals surface area contributed by atoms with Crippen molar-refractivity contribution in [3.05, 3.63) is 0 Å². The fourth-order valence-electron chi connectivity index (χ4n) is 2.36. The molecule has 3 heteroatoms. The molecule has 1 amide bonds. The molecule has 0 radical (unpaired) electrons. The molecule has 1 fully saturated rings.